The van der Waals surface area contributed by atoms with Gasteiger partial charge in [-0.15, -0.1) is 0 Å². The highest BCUT2D eigenvalue weighted by molar-refractivity contribution is 6.26. The highest BCUT2D eigenvalue weighted by Crippen LogP contribution is 2.44. The van der Waals surface area contributed by atoms with Gasteiger partial charge >= 0.3 is 6.09 Å². The van der Waals surface area contributed by atoms with E-state index in [-0.39, 0.29) is 61.2 Å². The van der Waals surface area contributed by atoms with Gasteiger partial charge in [0, 0.05) is 38.1 Å². The number of ether oxygens (including phenoxy) is 5. The Morgan fingerprint density at radius 3 is 1.78 bits per heavy atom. The van der Waals surface area contributed by atoms with Crippen molar-refractivity contribution >= 4 is 41.6 Å². The normalized spacial score (nSPS) is 12.4. The maximum Gasteiger partial charge on any atom is 0.407 e. The van der Waals surface area contributed by atoms with Gasteiger partial charge in [0.15, 0.2) is 5.78 Å². The first kappa shape index (κ1) is 52.5. The van der Waals surface area contributed by atoms with Crippen molar-refractivity contribution in [3.05, 3.63) is 95.6 Å². The number of fused-ring (bicyclic) bond motifs is 3. The Hall–Kier alpha value is -5.81. The maximum absolute atomic E-state index is 12.7. The molecule has 0 aliphatic heterocycles. The molecule has 4 amide bonds. The van der Waals surface area contributed by atoms with Crippen LogP contribution in [0.2, 0.25) is 0 Å². The molecule has 0 radical (unpaired) electrons. The summed E-state index contributed by atoms with van der Waals surface area (Å²) in [5, 5.41) is 15.0. The molecule has 2 unspecified atom stereocenters. The van der Waals surface area contributed by atoms with Crippen molar-refractivity contribution in [3.63, 3.8) is 0 Å². The second kappa shape index (κ2) is 30.3. The summed E-state index contributed by atoms with van der Waals surface area (Å²) in [5.41, 5.74) is 10.9. The number of nitrogens with two attached hydrogens (primary N) is 1. The number of Topliss-reactive ketones (excluding diaryl/α,β-unsaturated/α-hetero) is 2. The Labute approximate surface area is 376 Å². The van der Waals surface area contributed by atoms with E-state index in [9.17, 15) is 28.8 Å². The van der Waals surface area contributed by atoms with Crippen molar-refractivity contribution in [2.75, 3.05) is 66.0 Å². The number of rotatable bonds is 30. The van der Waals surface area contributed by atoms with Gasteiger partial charge in [-0.3, -0.25) is 24.0 Å². The van der Waals surface area contributed by atoms with Crippen molar-refractivity contribution in [2.24, 2.45) is 11.7 Å². The minimum absolute atomic E-state index is 0.00900. The minimum atomic E-state index is -0.758. The highest BCUT2D eigenvalue weighted by Gasteiger charge is 2.30. The number of carbonyl (C=O) groups excluding carboxylic acids is 6. The molecule has 1 aliphatic carbocycles. The zero-order valence-electron chi connectivity index (χ0n) is 37.3. The molecule has 6 N–H and O–H groups in total. The van der Waals surface area contributed by atoms with Gasteiger partial charge in [0.05, 0.1) is 59.1 Å². The third-order valence-electron chi connectivity index (χ3n) is 9.87. The van der Waals surface area contributed by atoms with Gasteiger partial charge in [0.25, 0.3) is 0 Å². The molecule has 348 valence electrons. The van der Waals surface area contributed by atoms with Gasteiger partial charge in [-0.2, -0.15) is 0 Å². The molecule has 2 atom stereocenters. The topological polar surface area (TPSA) is 235 Å². The van der Waals surface area contributed by atoms with Crippen molar-refractivity contribution in [1.82, 2.24) is 16.0 Å². The van der Waals surface area contributed by atoms with Crippen molar-refractivity contribution in [2.45, 2.75) is 77.3 Å². The fourth-order valence-corrected chi connectivity index (χ4v) is 6.67. The van der Waals surface area contributed by atoms with Gasteiger partial charge in [-0.1, -0.05) is 92.7 Å². The van der Waals surface area contributed by atoms with Gasteiger partial charge in [-0.05, 0) is 53.5 Å². The summed E-state index contributed by atoms with van der Waals surface area (Å²) < 4.78 is 27.0. The lowest BCUT2D eigenvalue weighted by molar-refractivity contribution is -0.129. The molecule has 1 aliphatic rings. The molecule has 0 fully saturated rings. The second-order valence-corrected chi connectivity index (χ2v) is 15.5. The summed E-state index contributed by atoms with van der Waals surface area (Å²) in [6.07, 6.45) is 1.90. The molecule has 16 heteroatoms. The largest absolute Gasteiger partial charge is 0.449 e. The molecule has 0 saturated carbocycles. The van der Waals surface area contributed by atoms with Crippen LogP contribution < -0.4 is 21.7 Å². The molecule has 16 nitrogen and oxygen atoms in total. The summed E-state index contributed by atoms with van der Waals surface area (Å²) in [7, 11) is 0. The first-order valence-electron chi connectivity index (χ1n) is 21.7. The monoisotopic (exact) mass is 887 g/mol. The fourth-order valence-electron chi connectivity index (χ4n) is 6.67. The van der Waals surface area contributed by atoms with Crippen LogP contribution in [0.4, 0.5) is 4.79 Å². The Morgan fingerprint density at radius 1 is 0.688 bits per heavy atom. The average Bonchev–Trinajstić information content (AvgIpc) is 3.60. The quantitative estimate of drug-likeness (QED) is 0.0455. The molecule has 3 aromatic rings. The predicted octanol–water partition coefficient (Wildman–Crippen LogP) is 4.69. The van der Waals surface area contributed by atoms with E-state index in [1.165, 1.54) is 18.1 Å². The van der Waals surface area contributed by atoms with E-state index >= 15 is 0 Å². The lowest BCUT2D eigenvalue weighted by atomic mass is 9.98. The predicted molar refractivity (Wildman–Crippen MR) is 242 cm³/mol. The van der Waals surface area contributed by atoms with Crippen molar-refractivity contribution in [3.8, 4) is 11.1 Å². The zero-order valence-corrected chi connectivity index (χ0v) is 37.3. The number of carbonyl (C=O) groups is 6. The number of nitrogens with one attached hydrogen (secondary N) is 4. The van der Waals surface area contributed by atoms with E-state index in [2.05, 4.69) is 40.2 Å². The molecule has 4 rings (SSSR count). The second-order valence-electron chi connectivity index (χ2n) is 15.5. The zero-order chi connectivity index (χ0) is 46.5. The van der Waals surface area contributed by atoms with Crippen molar-refractivity contribution in [1.29, 1.82) is 5.41 Å². The molecule has 64 heavy (non-hydrogen) atoms. The van der Waals surface area contributed by atoms with Gasteiger partial charge in [0.1, 0.15) is 24.5 Å². The number of primary amides is 1. The first-order valence-corrected chi connectivity index (χ1v) is 21.7. The van der Waals surface area contributed by atoms with E-state index in [0.717, 1.165) is 22.9 Å². The summed E-state index contributed by atoms with van der Waals surface area (Å²) in [6, 6.07) is 24.2. The van der Waals surface area contributed by atoms with E-state index in [1.807, 2.05) is 68.4 Å². The van der Waals surface area contributed by atoms with Gasteiger partial charge in [0.2, 0.25) is 17.7 Å². The van der Waals surface area contributed by atoms with Crippen molar-refractivity contribution < 1.29 is 52.5 Å². The molecule has 0 spiro atoms. The maximum atomic E-state index is 12.7. The minimum Gasteiger partial charge on any atom is -0.449 e. The van der Waals surface area contributed by atoms with Crippen LogP contribution >= 0.6 is 0 Å². The summed E-state index contributed by atoms with van der Waals surface area (Å²) in [6.45, 7) is 9.13. The number of alkyl carbamates (subject to hydrolysis) is 1. The average molecular weight is 888 g/mol. The fraction of sp³-hybridized carbons (Fsp3) is 0.479. The Bertz CT molecular complexity index is 1880. The number of hydrogen-bond donors (Lipinski definition) is 5. The van der Waals surface area contributed by atoms with E-state index in [4.69, 9.17) is 34.8 Å². The SMILES string of the molecule is CC(=O)CCOCCOCCOCCOCCNC(=O)C(Cc1ccccc1)NC(=O)CCCC(=O)C=N.CC(C)CC(NC(=O)OCC1c2ccccc2-c2ccccc21)C(N)=O. The Balaban J connectivity index is 0.000000363. The lowest BCUT2D eigenvalue weighted by Crippen LogP contribution is -2.48. The van der Waals surface area contributed by atoms with E-state index in [1.54, 1.807) is 0 Å². The summed E-state index contributed by atoms with van der Waals surface area (Å²) in [5.74, 6) is -1.20. The summed E-state index contributed by atoms with van der Waals surface area (Å²) >= 11 is 0. The Morgan fingerprint density at radius 2 is 1.23 bits per heavy atom. The first-order chi connectivity index (χ1) is 30.9. The molecular formula is C48H65N5O11. The standard InChI is InChI=1S/C27H41N3O8.C21H24N2O3/c1-22(31)10-12-35-14-16-37-18-19-38-17-15-36-13-11-29-27(34)25(20-23-6-3-2-4-7-23)30-26(33)9-5-8-24(32)21-28;1-13(2)11-19(20(22)24)23-21(25)26-12-18-16-9-5-3-7-14(16)15-8-4-6-10-17(15)18/h2-4,6-7,21,25,28H,5,8-20H2,1H3,(H,29,34)(H,30,33);3-10,13,18-19H,11-12H2,1-2H3,(H2,22,24)(H,23,25). The van der Waals surface area contributed by atoms with Crippen LogP contribution in [0.25, 0.3) is 11.1 Å². The third-order valence-corrected chi connectivity index (χ3v) is 9.87. The third kappa shape index (κ3) is 20.6. The summed E-state index contributed by atoms with van der Waals surface area (Å²) in [4.78, 5) is 70.7. The number of ketones is 2. The molecule has 0 saturated heterocycles. The van der Waals surface area contributed by atoms with Crippen LogP contribution in [0, 0.1) is 11.3 Å². The molecule has 0 aromatic heterocycles. The van der Waals surface area contributed by atoms with Gasteiger partial charge in [-0.25, -0.2) is 4.79 Å². The molecule has 3 aromatic carbocycles. The van der Waals surface area contributed by atoms with Crippen LogP contribution in [0.5, 0.6) is 0 Å². The van der Waals surface area contributed by atoms with Crippen LogP contribution in [-0.2, 0) is 54.1 Å². The smallest absolute Gasteiger partial charge is 0.407 e. The highest BCUT2D eigenvalue weighted by atomic mass is 16.6. The van der Waals surface area contributed by atoms with Gasteiger partial charge < -0.3 is 50.8 Å². The van der Waals surface area contributed by atoms with Crippen LogP contribution in [0.15, 0.2) is 78.9 Å². The molecule has 0 heterocycles. The Kier molecular flexibility index (Phi) is 24.9. The number of hydrogen-bond acceptors (Lipinski definition) is 12. The number of benzene rings is 3. The van der Waals surface area contributed by atoms with Crippen LogP contribution in [0.3, 0.4) is 0 Å². The number of amides is 4. The van der Waals surface area contributed by atoms with Crippen LogP contribution in [0.1, 0.15) is 75.5 Å². The van der Waals surface area contributed by atoms with E-state index in [0.29, 0.717) is 78.5 Å². The molecule has 0 bridgehead atoms. The molecular weight excluding hydrogens is 823 g/mol. The van der Waals surface area contributed by atoms with E-state index < -0.39 is 24.1 Å². The lowest BCUT2D eigenvalue weighted by Gasteiger charge is -2.19. The van der Waals surface area contributed by atoms with Crippen LogP contribution in [-0.4, -0.2) is 120 Å².